The van der Waals surface area contributed by atoms with Gasteiger partial charge in [-0.05, 0) is 81.8 Å². The number of hydrogen-bond donors (Lipinski definition) is 0. The van der Waals surface area contributed by atoms with Gasteiger partial charge in [0.25, 0.3) is 22.2 Å². The van der Waals surface area contributed by atoms with E-state index in [4.69, 9.17) is 34.8 Å². The van der Waals surface area contributed by atoms with Crippen LogP contribution in [0.1, 0.15) is 285 Å². The van der Waals surface area contributed by atoms with Gasteiger partial charge in [-0.15, -0.1) is 0 Å². The van der Waals surface area contributed by atoms with Crippen LogP contribution in [-0.4, -0.2) is 22.6 Å². The van der Waals surface area contributed by atoms with Crippen molar-refractivity contribution in [2.24, 2.45) is 0 Å². The molecule has 80 heavy (non-hydrogen) atoms. The van der Waals surface area contributed by atoms with Crippen molar-refractivity contribution < 1.29 is 0 Å². The summed E-state index contributed by atoms with van der Waals surface area (Å²) in [4.78, 5) is 51.4. The molecule has 15 heteroatoms. The van der Waals surface area contributed by atoms with Gasteiger partial charge in [-0.25, -0.2) is 0 Å². The van der Waals surface area contributed by atoms with Crippen molar-refractivity contribution in [3.05, 3.63) is 86.8 Å². The van der Waals surface area contributed by atoms with Crippen LogP contribution in [0.5, 0.6) is 0 Å². The van der Waals surface area contributed by atoms with Crippen molar-refractivity contribution in [2.45, 2.75) is 315 Å². The van der Waals surface area contributed by atoms with Crippen LogP contribution in [0.25, 0.3) is 22.1 Å². The Morgan fingerprint density at radius 2 is 0.500 bits per heavy atom. The molecule has 0 N–H and O–H groups in total. The van der Waals surface area contributed by atoms with Gasteiger partial charge in [-0.3, -0.25) is 19.2 Å². The quantitative estimate of drug-likeness (QED) is 0.0326. The number of rotatable bonds is 44. The lowest BCUT2D eigenvalue weighted by Gasteiger charge is -2.16. The molecule has 0 atom stereocenters. The first-order chi connectivity index (χ1) is 38.9. The maximum Gasteiger partial charge on any atom is 0.265 e. The Bertz CT molecular complexity index is 2230. The largest absolute Gasteiger partial charge is 0.307 e. The number of halogens is 7. The summed E-state index contributed by atoms with van der Waals surface area (Å²) in [5, 5.41) is 0. The van der Waals surface area contributed by atoms with Gasteiger partial charge in [0.2, 0.25) is 0 Å². The second kappa shape index (κ2) is 52.4. The third-order valence-corrected chi connectivity index (χ3v) is 16.5. The zero-order valence-corrected chi connectivity index (χ0v) is 58.8. The number of nitrogens with zero attached hydrogens (tertiary/aromatic N) is 4. The molecule has 0 aliphatic carbocycles. The minimum absolute atomic E-state index is 0.00976. The fourth-order valence-electron chi connectivity index (χ4n) is 10.7. The van der Waals surface area contributed by atoms with Crippen LogP contribution in [0.2, 0.25) is 0 Å². The molecule has 0 aromatic carbocycles. The molecule has 4 aromatic rings. The molecule has 460 valence electrons. The molecule has 4 rings (SSSR count). The van der Waals surface area contributed by atoms with E-state index in [1.807, 2.05) is 42.5 Å². The van der Waals surface area contributed by atoms with Crippen LogP contribution in [0.4, 0.5) is 0 Å². The van der Waals surface area contributed by atoms with Crippen molar-refractivity contribution in [1.29, 1.82) is 0 Å². The van der Waals surface area contributed by atoms with Crippen molar-refractivity contribution >= 4 is 117 Å². The first-order valence-corrected chi connectivity index (χ1v) is 38.5. The summed E-state index contributed by atoms with van der Waals surface area (Å²) < 4.78 is 7.82. The van der Waals surface area contributed by atoms with Gasteiger partial charge < -0.3 is 18.3 Å². The summed E-state index contributed by atoms with van der Waals surface area (Å²) >= 11 is 26.9. The Kier molecular flexibility index (Phi) is 50.6. The van der Waals surface area contributed by atoms with Crippen LogP contribution in [0.15, 0.2) is 64.5 Å². The maximum atomic E-state index is 13.0. The van der Waals surface area contributed by atoms with Crippen LogP contribution < -0.4 is 22.2 Å². The summed E-state index contributed by atoms with van der Waals surface area (Å²) in [6, 6.07) is 10.7. The van der Waals surface area contributed by atoms with Crippen LogP contribution in [0, 0.1) is 0 Å². The van der Waals surface area contributed by atoms with Gasteiger partial charge in [0.1, 0.15) is 0 Å². The molecule has 0 saturated heterocycles. The lowest BCUT2D eigenvalue weighted by Crippen LogP contribution is -2.27. The number of alkyl halides is 3. The Morgan fingerprint density at radius 3 is 0.713 bits per heavy atom. The van der Waals surface area contributed by atoms with E-state index in [0.717, 1.165) is 86.5 Å². The Hall–Kier alpha value is -0.890. The van der Waals surface area contributed by atoms with E-state index in [1.54, 1.807) is 12.1 Å². The van der Waals surface area contributed by atoms with E-state index in [-0.39, 0.29) is 22.2 Å². The van der Waals surface area contributed by atoms with Crippen LogP contribution in [-0.2, 0) is 26.2 Å². The first-order valence-electron chi connectivity index (χ1n) is 31.9. The van der Waals surface area contributed by atoms with Gasteiger partial charge in [-0.2, -0.15) is 0 Å². The standard InChI is InChI=1S/C32H52Br2N2O2.C32H54N2O2.CHCl3.Br2/c1-3-5-7-9-11-13-15-17-19-21-23-35-29-25-28(34)32(38)36(30(29)26-27(33)31(35)37)24-22-20-18-16-14-12-10-8-6-4-2;1-3-5-7-9-11-13-15-17-19-21-27-33-29-23-26-32(36)34(30(29)24-25-31(33)35)28-22-20-18-16-14-12-10-8-6-4-2;2-1(3)4;1-2/h25-26H,3-24H2,1-2H3;23-26H,3-22,27-28H2,1-2H3;1H;. The highest BCUT2D eigenvalue weighted by Crippen LogP contribution is 2.22. The van der Waals surface area contributed by atoms with Gasteiger partial charge in [0.15, 0.2) is 4.30 Å². The third kappa shape index (κ3) is 34.9. The molecule has 0 bridgehead atoms. The fraction of sp³-hybridized carbons (Fsp3) is 0.754. The average Bonchev–Trinajstić information content (AvgIpc) is 3.63. The first kappa shape index (κ1) is 77.1. The van der Waals surface area contributed by atoms with E-state index >= 15 is 0 Å². The molecule has 0 amide bonds. The smallest absolute Gasteiger partial charge is 0.265 e. The van der Waals surface area contributed by atoms with E-state index in [0.29, 0.717) is 22.0 Å². The second-order valence-electron chi connectivity index (χ2n) is 22.1. The molecule has 0 fully saturated rings. The summed E-state index contributed by atoms with van der Waals surface area (Å²) in [6.45, 7) is 11.9. The van der Waals surface area contributed by atoms with E-state index < -0.39 is 4.30 Å². The fourth-order valence-corrected chi connectivity index (χ4v) is 11.6. The Labute approximate surface area is 532 Å². The molecule has 8 nitrogen and oxygen atoms in total. The molecule has 0 radical (unpaired) electrons. The average molecular weight is 1430 g/mol. The van der Waals surface area contributed by atoms with Crippen LogP contribution in [0.3, 0.4) is 0 Å². The van der Waals surface area contributed by atoms with Gasteiger partial charge >= 0.3 is 0 Å². The summed E-state index contributed by atoms with van der Waals surface area (Å²) in [6.07, 6.45) is 51.1. The zero-order chi connectivity index (χ0) is 59.0. The predicted octanol–water partition coefficient (Wildman–Crippen LogP) is 23.2. The van der Waals surface area contributed by atoms with Crippen molar-refractivity contribution in [3.8, 4) is 0 Å². The summed E-state index contributed by atoms with van der Waals surface area (Å²) in [5.41, 5.74) is 3.59. The Balaban J connectivity index is 0.000000729. The molecule has 0 spiro atoms. The molecule has 4 aromatic heterocycles. The number of fused-ring (bicyclic) bond motifs is 2. The van der Waals surface area contributed by atoms with Gasteiger partial charge in [0, 0.05) is 66.6 Å². The maximum absolute atomic E-state index is 13.0. The molecule has 0 saturated carbocycles. The molecular weight excluding hydrogens is 1330 g/mol. The monoisotopic (exact) mass is 1430 g/mol. The molecule has 0 aliphatic heterocycles. The number of aromatic nitrogens is 4. The Morgan fingerprint density at radius 1 is 0.312 bits per heavy atom. The number of unbranched alkanes of at least 4 members (excludes halogenated alkanes) is 36. The zero-order valence-electron chi connectivity index (χ0n) is 50.2. The summed E-state index contributed by atoms with van der Waals surface area (Å²) in [7, 11) is 0. The van der Waals surface area contributed by atoms with Crippen LogP contribution >= 0.6 is 94.9 Å². The predicted molar refractivity (Wildman–Crippen MR) is 367 cm³/mol. The minimum Gasteiger partial charge on any atom is -0.307 e. The number of pyridine rings is 4. The second-order valence-corrected chi connectivity index (χ2v) is 25.7. The van der Waals surface area contributed by atoms with E-state index in [1.165, 1.54) is 205 Å². The van der Waals surface area contributed by atoms with Crippen molar-refractivity contribution in [1.82, 2.24) is 18.3 Å². The van der Waals surface area contributed by atoms with Gasteiger partial charge in [-0.1, -0.05) is 294 Å². The number of hydrogen-bond acceptors (Lipinski definition) is 4. The highest BCUT2D eigenvalue weighted by atomic mass is 80.9. The lowest BCUT2D eigenvalue weighted by atomic mass is 10.1. The number of aryl methyl sites for hydroxylation is 4. The normalized spacial score (nSPS) is 11.2. The molecular formula is C65H107Br4Cl3N4O4. The lowest BCUT2D eigenvalue weighted by molar-refractivity contribution is 0.530. The van der Waals surface area contributed by atoms with E-state index in [2.05, 4.69) is 87.8 Å². The molecule has 0 unspecified atom stereocenters. The molecule has 4 heterocycles. The van der Waals surface area contributed by atoms with Gasteiger partial charge in [0.05, 0.1) is 31.0 Å². The summed E-state index contributed by atoms with van der Waals surface area (Å²) in [5.74, 6) is 0. The SMILES string of the molecule is BrBr.CCCCCCCCCCCCn1c(=O)c(Br)cc2c1cc(Br)c(=O)n2CCCCCCCCCCCC.CCCCCCCCCCCCn1c(=O)ccc2c1ccc(=O)n2CCCCCCCCCCCC.ClC(Cl)Cl. The minimum atomic E-state index is -0.750. The highest BCUT2D eigenvalue weighted by molar-refractivity contribution is 9.93. The molecule has 0 aliphatic rings. The van der Waals surface area contributed by atoms with Crippen molar-refractivity contribution in [2.75, 3.05) is 0 Å². The third-order valence-electron chi connectivity index (χ3n) is 15.4. The van der Waals surface area contributed by atoms with Crippen molar-refractivity contribution in [3.63, 3.8) is 0 Å². The highest BCUT2D eigenvalue weighted by Gasteiger charge is 2.15. The van der Waals surface area contributed by atoms with E-state index in [9.17, 15) is 19.2 Å². The topological polar surface area (TPSA) is 88.0 Å².